The number of nitrogens with zero attached hydrogens (tertiary/aromatic N) is 2. The lowest BCUT2D eigenvalue weighted by Crippen LogP contribution is -2.21. The lowest BCUT2D eigenvalue weighted by Gasteiger charge is -2.25. The van der Waals surface area contributed by atoms with E-state index in [1.807, 2.05) is 23.1 Å². The molecule has 0 saturated heterocycles. The first kappa shape index (κ1) is 12.7. The number of fused-ring (bicyclic) bond motifs is 1. The third-order valence-electron chi connectivity index (χ3n) is 3.63. The van der Waals surface area contributed by atoms with E-state index in [4.69, 9.17) is 0 Å². The predicted octanol–water partition coefficient (Wildman–Crippen LogP) is 3.25. The molecule has 2 aromatic rings. The highest BCUT2D eigenvalue weighted by Gasteiger charge is 2.22. The molecular formula is C16H16N2O2. The summed E-state index contributed by atoms with van der Waals surface area (Å²) in [6.07, 6.45) is 4.82. The highest BCUT2D eigenvalue weighted by Crippen LogP contribution is 2.33. The van der Waals surface area contributed by atoms with Gasteiger partial charge in [-0.1, -0.05) is 18.2 Å². The van der Waals surface area contributed by atoms with Crippen molar-refractivity contribution in [2.75, 3.05) is 11.4 Å². The average Bonchev–Trinajstić information content (AvgIpc) is 2.69. The van der Waals surface area contributed by atoms with Crippen molar-refractivity contribution in [2.45, 2.75) is 19.3 Å². The summed E-state index contributed by atoms with van der Waals surface area (Å²) in [6.45, 7) is 0.800. The molecule has 2 heterocycles. The number of anilines is 2. The van der Waals surface area contributed by atoms with Gasteiger partial charge in [-0.3, -0.25) is 0 Å². The average molecular weight is 268 g/mol. The number of pyridine rings is 1. The molecule has 20 heavy (non-hydrogen) atoms. The first-order valence-electron chi connectivity index (χ1n) is 6.81. The van der Waals surface area contributed by atoms with E-state index in [0.717, 1.165) is 31.5 Å². The monoisotopic (exact) mass is 268 g/mol. The Labute approximate surface area is 117 Å². The van der Waals surface area contributed by atoms with E-state index in [-0.39, 0.29) is 5.56 Å². The maximum atomic E-state index is 11.4. The molecule has 0 fully saturated rings. The SMILES string of the molecule is O=C(O)c1cccnc1N1CCCCc2ccccc21. The number of hydrogen-bond acceptors (Lipinski definition) is 3. The summed E-state index contributed by atoms with van der Waals surface area (Å²) in [4.78, 5) is 17.7. The summed E-state index contributed by atoms with van der Waals surface area (Å²) in [5.74, 6) is -0.399. The van der Waals surface area contributed by atoms with Crippen molar-refractivity contribution in [1.82, 2.24) is 4.98 Å². The molecule has 4 heteroatoms. The molecule has 0 atom stereocenters. The third kappa shape index (κ3) is 2.25. The Morgan fingerprint density at radius 2 is 2.00 bits per heavy atom. The second-order valence-electron chi connectivity index (χ2n) is 4.92. The fourth-order valence-corrected chi connectivity index (χ4v) is 2.69. The molecule has 4 nitrogen and oxygen atoms in total. The summed E-state index contributed by atoms with van der Waals surface area (Å²) in [7, 11) is 0. The molecule has 1 N–H and O–H groups in total. The van der Waals surface area contributed by atoms with Crippen molar-refractivity contribution >= 4 is 17.5 Å². The largest absolute Gasteiger partial charge is 0.478 e. The standard InChI is InChI=1S/C16H16N2O2/c19-16(20)13-8-5-10-17-15(13)18-11-4-3-7-12-6-1-2-9-14(12)18/h1-2,5-6,8-10H,3-4,7,11H2,(H,19,20). The Morgan fingerprint density at radius 1 is 1.15 bits per heavy atom. The number of benzene rings is 1. The van der Waals surface area contributed by atoms with Gasteiger partial charge in [-0.25, -0.2) is 9.78 Å². The van der Waals surface area contributed by atoms with Crippen LogP contribution in [0.4, 0.5) is 11.5 Å². The number of aromatic carboxylic acids is 1. The van der Waals surface area contributed by atoms with Crippen LogP contribution in [0.25, 0.3) is 0 Å². The minimum atomic E-state index is -0.935. The smallest absolute Gasteiger partial charge is 0.339 e. The Kier molecular flexibility index (Phi) is 3.37. The number of carbonyl (C=O) groups is 1. The summed E-state index contributed by atoms with van der Waals surface area (Å²) in [5.41, 5.74) is 2.59. The van der Waals surface area contributed by atoms with Crippen LogP contribution in [0, 0.1) is 0 Å². The van der Waals surface area contributed by atoms with Crippen molar-refractivity contribution in [3.63, 3.8) is 0 Å². The van der Waals surface area contributed by atoms with Gasteiger partial charge in [-0.05, 0) is 43.0 Å². The third-order valence-corrected chi connectivity index (χ3v) is 3.63. The molecule has 0 bridgehead atoms. The number of rotatable bonds is 2. The second-order valence-corrected chi connectivity index (χ2v) is 4.92. The zero-order valence-electron chi connectivity index (χ0n) is 11.1. The van der Waals surface area contributed by atoms with Gasteiger partial charge in [0.1, 0.15) is 11.4 Å². The van der Waals surface area contributed by atoms with Gasteiger partial charge in [0.25, 0.3) is 0 Å². The number of aryl methyl sites for hydroxylation is 1. The normalized spacial score (nSPS) is 14.5. The molecule has 102 valence electrons. The van der Waals surface area contributed by atoms with E-state index in [0.29, 0.717) is 5.82 Å². The van der Waals surface area contributed by atoms with Gasteiger partial charge in [0.2, 0.25) is 0 Å². The Morgan fingerprint density at radius 3 is 2.85 bits per heavy atom. The van der Waals surface area contributed by atoms with Crippen LogP contribution in [0.5, 0.6) is 0 Å². The molecule has 0 radical (unpaired) electrons. The van der Waals surface area contributed by atoms with Gasteiger partial charge in [0, 0.05) is 18.4 Å². The summed E-state index contributed by atoms with van der Waals surface area (Å²) >= 11 is 0. The Hall–Kier alpha value is -2.36. The van der Waals surface area contributed by atoms with Gasteiger partial charge in [0.15, 0.2) is 0 Å². The zero-order chi connectivity index (χ0) is 13.9. The number of carboxylic acids is 1. The molecule has 1 aromatic heterocycles. The molecule has 1 aromatic carbocycles. The first-order valence-corrected chi connectivity index (χ1v) is 6.81. The summed E-state index contributed by atoms with van der Waals surface area (Å²) < 4.78 is 0. The molecule has 0 saturated carbocycles. The molecule has 0 aliphatic carbocycles. The van der Waals surface area contributed by atoms with Crippen molar-refractivity contribution in [1.29, 1.82) is 0 Å². The van der Waals surface area contributed by atoms with Crippen LogP contribution in [-0.4, -0.2) is 22.6 Å². The van der Waals surface area contributed by atoms with Crippen LogP contribution in [0.2, 0.25) is 0 Å². The lowest BCUT2D eigenvalue weighted by atomic mass is 10.1. The van der Waals surface area contributed by atoms with Crippen LogP contribution in [0.1, 0.15) is 28.8 Å². The minimum absolute atomic E-state index is 0.254. The number of hydrogen-bond donors (Lipinski definition) is 1. The first-order chi connectivity index (χ1) is 9.77. The Bertz CT molecular complexity index is 640. The molecule has 1 aliphatic heterocycles. The van der Waals surface area contributed by atoms with Crippen LogP contribution in [0.3, 0.4) is 0 Å². The Balaban J connectivity index is 2.13. The van der Waals surface area contributed by atoms with Crippen molar-refractivity contribution in [3.05, 3.63) is 53.7 Å². The van der Waals surface area contributed by atoms with Gasteiger partial charge < -0.3 is 10.0 Å². The number of aromatic nitrogens is 1. The van der Waals surface area contributed by atoms with Gasteiger partial charge in [-0.15, -0.1) is 0 Å². The molecule has 0 amide bonds. The zero-order valence-corrected chi connectivity index (χ0v) is 11.1. The molecule has 0 spiro atoms. The highest BCUT2D eigenvalue weighted by atomic mass is 16.4. The van der Waals surface area contributed by atoms with E-state index in [1.54, 1.807) is 18.3 Å². The molecule has 1 aliphatic rings. The van der Waals surface area contributed by atoms with Gasteiger partial charge in [0.05, 0.1) is 0 Å². The fraction of sp³-hybridized carbons (Fsp3) is 0.250. The maximum Gasteiger partial charge on any atom is 0.339 e. The molecule has 0 unspecified atom stereocenters. The van der Waals surface area contributed by atoms with Crippen molar-refractivity contribution < 1.29 is 9.90 Å². The van der Waals surface area contributed by atoms with E-state index < -0.39 is 5.97 Å². The summed E-state index contributed by atoms with van der Waals surface area (Å²) in [6, 6.07) is 11.4. The minimum Gasteiger partial charge on any atom is -0.478 e. The number of carboxylic acid groups (broad SMARTS) is 1. The molecular weight excluding hydrogens is 252 g/mol. The van der Waals surface area contributed by atoms with Crippen molar-refractivity contribution in [2.24, 2.45) is 0 Å². The number of para-hydroxylation sites is 1. The van der Waals surface area contributed by atoms with Gasteiger partial charge in [-0.2, -0.15) is 0 Å². The molecule has 3 rings (SSSR count). The summed E-state index contributed by atoms with van der Waals surface area (Å²) in [5, 5.41) is 9.35. The van der Waals surface area contributed by atoms with Crippen molar-refractivity contribution in [3.8, 4) is 0 Å². The van der Waals surface area contributed by atoms with Crippen LogP contribution in [0.15, 0.2) is 42.6 Å². The van der Waals surface area contributed by atoms with Gasteiger partial charge >= 0.3 is 5.97 Å². The lowest BCUT2D eigenvalue weighted by molar-refractivity contribution is 0.0697. The topological polar surface area (TPSA) is 53.4 Å². The second kappa shape index (κ2) is 5.33. The predicted molar refractivity (Wildman–Crippen MR) is 77.6 cm³/mol. The van der Waals surface area contributed by atoms with Crippen LogP contribution >= 0.6 is 0 Å². The highest BCUT2D eigenvalue weighted by molar-refractivity contribution is 5.94. The maximum absolute atomic E-state index is 11.4. The van der Waals surface area contributed by atoms with E-state index in [2.05, 4.69) is 11.1 Å². The van der Waals surface area contributed by atoms with Crippen LogP contribution in [-0.2, 0) is 6.42 Å². The van der Waals surface area contributed by atoms with E-state index in [1.165, 1.54) is 5.56 Å². The van der Waals surface area contributed by atoms with E-state index in [9.17, 15) is 9.90 Å². The van der Waals surface area contributed by atoms with Crippen LogP contribution < -0.4 is 4.90 Å². The van der Waals surface area contributed by atoms with E-state index >= 15 is 0 Å². The quantitative estimate of drug-likeness (QED) is 0.908. The fourth-order valence-electron chi connectivity index (χ4n) is 2.69.